The van der Waals surface area contributed by atoms with Crippen LogP contribution in [-0.4, -0.2) is 4.57 Å². The molecule has 0 aromatic carbocycles. The fourth-order valence-electron chi connectivity index (χ4n) is 1.54. The van der Waals surface area contributed by atoms with Gasteiger partial charge < -0.3 is 10.3 Å². The molecule has 3 nitrogen and oxygen atoms in total. The smallest absolute Gasteiger partial charge is 0.122 e. The predicted molar refractivity (Wildman–Crippen MR) is 53.3 cm³/mol. The second-order valence-electron chi connectivity index (χ2n) is 3.23. The Bertz CT molecular complexity index is 355. The Morgan fingerprint density at radius 2 is 2.08 bits per heavy atom. The van der Waals surface area contributed by atoms with E-state index in [2.05, 4.69) is 13.0 Å². The second-order valence-corrected chi connectivity index (χ2v) is 3.23. The zero-order valence-electron chi connectivity index (χ0n) is 8.39. The van der Waals surface area contributed by atoms with Crippen LogP contribution in [0.2, 0.25) is 0 Å². The normalized spacial score (nSPS) is 10.0. The van der Waals surface area contributed by atoms with E-state index in [4.69, 9.17) is 11.0 Å². The Morgan fingerprint density at radius 1 is 1.46 bits per heavy atom. The highest BCUT2D eigenvalue weighted by Crippen LogP contribution is 2.23. The molecule has 0 atom stereocenters. The number of anilines is 1. The second kappa shape index (κ2) is 3.53. The van der Waals surface area contributed by atoms with E-state index >= 15 is 0 Å². The SMILES string of the molecule is CCCn1c(C)c(C)c(C#N)c1N. The maximum Gasteiger partial charge on any atom is 0.122 e. The van der Waals surface area contributed by atoms with E-state index in [0.29, 0.717) is 11.4 Å². The summed E-state index contributed by atoms with van der Waals surface area (Å²) in [4.78, 5) is 0. The maximum atomic E-state index is 8.86. The number of nitriles is 1. The van der Waals surface area contributed by atoms with Gasteiger partial charge in [0.05, 0.1) is 5.56 Å². The van der Waals surface area contributed by atoms with Gasteiger partial charge in [-0.1, -0.05) is 6.92 Å². The number of hydrogen-bond donors (Lipinski definition) is 1. The Balaban J connectivity index is 3.30. The van der Waals surface area contributed by atoms with Gasteiger partial charge in [0.2, 0.25) is 0 Å². The highest BCUT2D eigenvalue weighted by atomic mass is 15.1. The first-order valence-electron chi connectivity index (χ1n) is 4.48. The van der Waals surface area contributed by atoms with Crippen LogP contribution in [0.4, 0.5) is 5.82 Å². The molecule has 0 bridgehead atoms. The van der Waals surface area contributed by atoms with Gasteiger partial charge in [-0.2, -0.15) is 5.26 Å². The quantitative estimate of drug-likeness (QED) is 0.750. The predicted octanol–water partition coefficient (Wildman–Crippen LogP) is 1.97. The summed E-state index contributed by atoms with van der Waals surface area (Å²) in [5, 5.41) is 8.86. The van der Waals surface area contributed by atoms with Gasteiger partial charge in [0, 0.05) is 12.2 Å². The first-order valence-corrected chi connectivity index (χ1v) is 4.48. The van der Waals surface area contributed by atoms with Crippen molar-refractivity contribution in [1.29, 1.82) is 5.26 Å². The number of nitrogens with two attached hydrogens (primary N) is 1. The minimum absolute atomic E-state index is 0.611. The number of nitrogen functional groups attached to an aromatic ring is 1. The lowest BCUT2D eigenvalue weighted by atomic mass is 10.2. The van der Waals surface area contributed by atoms with Crippen molar-refractivity contribution < 1.29 is 0 Å². The highest BCUT2D eigenvalue weighted by molar-refractivity contribution is 5.57. The number of rotatable bonds is 2. The third-order valence-corrected chi connectivity index (χ3v) is 2.43. The van der Waals surface area contributed by atoms with Gasteiger partial charge in [-0.15, -0.1) is 0 Å². The van der Waals surface area contributed by atoms with Crippen molar-refractivity contribution in [2.45, 2.75) is 33.7 Å². The van der Waals surface area contributed by atoms with Crippen molar-refractivity contribution in [1.82, 2.24) is 4.57 Å². The number of nitrogens with zero attached hydrogens (tertiary/aromatic N) is 2. The average Bonchev–Trinajstić information content (AvgIpc) is 2.31. The Kier molecular flexibility index (Phi) is 2.62. The van der Waals surface area contributed by atoms with Crippen LogP contribution in [0, 0.1) is 25.2 Å². The first-order chi connectivity index (χ1) is 6.13. The van der Waals surface area contributed by atoms with Crippen molar-refractivity contribution in [3.63, 3.8) is 0 Å². The molecule has 0 aliphatic rings. The molecule has 13 heavy (non-hydrogen) atoms. The third-order valence-electron chi connectivity index (χ3n) is 2.43. The van der Waals surface area contributed by atoms with E-state index in [1.54, 1.807) is 0 Å². The summed E-state index contributed by atoms with van der Waals surface area (Å²) in [6.07, 6.45) is 1.03. The molecule has 2 N–H and O–H groups in total. The molecule has 1 rings (SSSR count). The van der Waals surface area contributed by atoms with E-state index < -0.39 is 0 Å². The molecular formula is C10H15N3. The Hall–Kier alpha value is -1.43. The van der Waals surface area contributed by atoms with Crippen molar-refractivity contribution in [3.8, 4) is 6.07 Å². The summed E-state index contributed by atoms with van der Waals surface area (Å²) >= 11 is 0. The molecule has 1 aromatic rings. The summed E-state index contributed by atoms with van der Waals surface area (Å²) in [5.74, 6) is 0.611. The standard InChI is InChI=1S/C10H15N3/c1-4-5-13-8(3)7(2)9(6-11)10(13)12/h4-5,12H2,1-3H3. The van der Waals surface area contributed by atoms with Gasteiger partial charge in [0.25, 0.3) is 0 Å². The van der Waals surface area contributed by atoms with Gasteiger partial charge in [-0.05, 0) is 25.8 Å². The molecule has 0 spiro atoms. The van der Waals surface area contributed by atoms with E-state index in [0.717, 1.165) is 24.2 Å². The van der Waals surface area contributed by atoms with Gasteiger partial charge >= 0.3 is 0 Å². The van der Waals surface area contributed by atoms with E-state index in [9.17, 15) is 0 Å². The third kappa shape index (κ3) is 1.40. The minimum atomic E-state index is 0.611. The van der Waals surface area contributed by atoms with Crippen LogP contribution in [0.15, 0.2) is 0 Å². The summed E-state index contributed by atoms with van der Waals surface area (Å²) in [7, 11) is 0. The van der Waals surface area contributed by atoms with E-state index in [-0.39, 0.29) is 0 Å². The topological polar surface area (TPSA) is 54.7 Å². The molecule has 0 saturated heterocycles. The fraction of sp³-hybridized carbons (Fsp3) is 0.500. The molecule has 1 heterocycles. The molecule has 0 unspecified atom stereocenters. The minimum Gasteiger partial charge on any atom is -0.384 e. The van der Waals surface area contributed by atoms with E-state index in [1.807, 2.05) is 18.4 Å². The van der Waals surface area contributed by atoms with Crippen molar-refractivity contribution in [3.05, 3.63) is 16.8 Å². The summed E-state index contributed by atoms with van der Waals surface area (Å²) in [5.41, 5.74) is 8.59. The average molecular weight is 177 g/mol. The van der Waals surface area contributed by atoms with Gasteiger partial charge in [0.1, 0.15) is 11.9 Å². The van der Waals surface area contributed by atoms with Crippen LogP contribution in [0.5, 0.6) is 0 Å². The molecule has 0 amide bonds. The number of hydrogen-bond acceptors (Lipinski definition) is 2. The van der Waals surface area contributed by atoms with Crippen molar-refractivity contribution >= 4 is 5.82 Å². The van der Waals surface area contributed by atoms with Crippen LogP contribution in [0.1, 0.15) is 30.2 Å². The van der Waals surface area contributed by atoms with Crippen molar-refractivity contribution in [2.24, 2.45) is 0 Å². The lowest BCUT2D eigenvalue weighted by molar-refractivity contribution is 0.672. The lowest BCUT2D eigenvalue weighted by Crippen LogP contribution is -2.04. The molecule has 0 aliphatic carbocycles. The molecule has 1 aromatic heterocycles. The highest BCUT2D eigenvalue weighted by Gasteiger charge is 2.13. The molecular weight excluding hydrogens is 162 g/mol. The monoisotopic (exact) mass is 177 g/mol. The summed E-state index contributed by atoms with van der Waals surface area (Å²) < 4.78 is 2.01. The van der Waals surface area contributed by atoms with Crippen LogP contribution >= 0.6 is 0 Å². The summed E-state index contributed by atoms with van der Waals surface area (Å²) in [6.45, 7) is 6.93. The molecule has 0 aliphatic heterocycles. The van der Waals surface area contributed by atoms with Crippen LogP contribution in [0.25, 0.3) is 0 Å². The van der Waals surface area contributed by atoms with Crippen LogP contribution in [0.3, 0.4) is 0 Å². The van der Waals surface area contributed by atoms with Crippen molar-refractivity contribution in [2.75, 3.05) is 5.73 Å². The van der Waals surface area contributed by atoms with Gasteiger partial charge in [0.15, 0.2) is 0 Å². The molecule has 0 fully saturated rings. The molecule has 0 saturated carbocycles. The zero-order chi connectivity index (χ0) is 10.0. The maximum absolute atomic E-state index is 8.86. The van der Waals surface area contributed by atoms with E-state index in [1.165, 1.54) is 0 Å². The Morgan fingerprint density at radius 3 is 2.46 bits per heavy atom. The lowest BCUT2D eigenvalue weighted by Gasteiger charge is -2.06. The first kappa shape index (κ1) is 9.66. The molecule has 70 valence electrons. The summed E-state index contributed by atoms with van der Waals surface area (Å²) in [6, 6.07) is 2.14. The van der Waals surface area contributed by atoms with Gasteiger partial charge in [-0.25, -0.2) is 0 Å². The molecule has 3 heteroatoms. The van der Waals surface area contributed by atoms with Crippen LogP contribution < -0.4 is 5.73 Å². The Labute approximate surface area is 78.8 Å². The zero-order valence-corrected chi connectivity index (χ0v) is 8.39. The van der Waals surface area contributed by atoms with Gasteiger partial charge in [-0.3, -0.25) is 0 Å². The fourth-order valence-corrected chi connectivity index (χ4v) is 1.54. The van der Waals surface area contributed by atoms with Crippen LogP contribution in [-0.2, 0) is 6.54 Å². The molecule has 0 radical (unpaired) electrons. The number of aromatic nitrogens is 1. The largest absolute Gasteiger partial charge is 0.384 e.